The fourth-order valence-corrected chi connectivity index (χ4v) is 21.2. The van der Waals surface area contributed by atoms with E-state index in [2.05, 4.69) is 507 Å². The molecule has 8 heterocycles. The van der Waals surface area contributed by atoms with Crippen molar-refractivity contribution in [2.45, 2.75) is 77.0 Å². The normalized spacial score (nSPS) is 13.4. The Morgan fingerprint density at radius 1 is 0.201 bits per heavy atom. The molecule has 4 aliphatic rings. The summed E-state index contributed by atoms with van der Waals surface area (Å²) in [6.07, 6.45) is 10.2. The van der Waals surface area contributed by atoms with Crippen molar-refractivity contribution < 1.29 is 0 Å². The van der Waals surface area contributed by atoms with Crippen LogP contribution in [0.1, 0.15) is 122 Å². The van der Waals surface area contributed by atoms with Gasteiger partial charge >= 0.3 is 0 Å². The third kappa shape index (κ3) is 17.2. The second-order valence-corrected chi connectivity index (χ2v) is 38.7. The Kier molecular flexibility index (Phi) is 24.6. The summed E-state index contributed by atoms with van der Waals surface area (Å²) in [6, 6.07) is 158. The number of pyridine rings is 4. The van der Waals surface area contributed by atoms with Gasteiger partial charge in [-0.15, -0.1) is 0 Å². The highest BCUT2D eigenvalue weighted by molar-refractivity contribution is 5.94. The van der Waals surface area contributed by atoms with Crippen molar-refractivity contribution in [3.8, 4) is 113 Å². The van der Waals surface area contributed by atoms with E-state index >= 15 is 0 Å². The summed E-state index contributed by atoms with van der Waals surface area (Å²) >= 11 is 0. The molecule has 0 aliphatic carbocycles. The number of nitriles is 4. The van der Waals surface area contributed by atoms with Gasteiger partial charge in [0.1, 0.15) is 29.6 Å². The lowest BCUT2D eigenvalue weighted by Gasteiger charge is -2.42. The summed E-state index contributed by atoms with van der Waals surface area (Å²) in [4.78, 5) is 26.3. The third-order valence-electron chi connectivity index (χ3n) is 28.7. The molecule has 4 aromatic heterocycles. The molecule has 0 unspecified atom stereocenters. The number of para-hydroxylation sites is 8. The number of aromatic nitrogens is 4. The number of nitrogens with zero attached hydrogens (tertiary/aromatic N) is 12. The highest BCUT2D eigenvalue weighted by Gasteiger charge is 2.41. The van der Waals surface area contributed by atoms with Crippen LogP contribution in [0.2, 0.25) is 0 Å². The van der Waals surface area contributed by atoms with Crippen molar-refractivity contribution in [3.05, 3.63) is 529 Å². The number of hydrogen-bond donors (Lipinski definition) is 0. The quantitative estimate of drug-likeness (QED) is 0.114. The smallest absolute Gasteiger partial charge is 0.148 e. The van der Waals surface area contributed by atoms with Gasteiger partial charge < -0.3 is 19.6 Å². The van der Waals surface area contributed by atoms with Crippen LogP contribution in [-0.4, -0.2) is 19.9 Å². The van der Waals surface area contributed by atoms with Gasteiger partial charge in [0.05, 0.1) is 62.7 Å². The molecule has 0 bridgehead atoms. The van der Waals surface area contributed by atoms with Crippen molar-refractivity contribution in [2.24, 2.45) is 0 Å². The Morgan fingerprint density at radius 3 is 0.799 bits per heavy atom. The van der Waals surface area contributed by atoms with Crippen LogP contribution in [0.4, 0.5) is 68.2 Å². The highest BCUT2D eigenvalue weighted by Crippen LogP contribution is 2.58. The Balaban J connectivity index is 0.000000113. The van der Waals surface area contributed by atoms with Gasteiger partial charge in [0.15, 0.2) is 0 Å². The van der Waals surface area contributed by atoms with Crippen LogP contribution in [0.25, 0.3) is 89.0 Å². The van der Waals surface area contributed by atoms with E-state index in [0.29, 0.717) is 22.5 Å². The molecule has 0 N–H and O–H groups in total. The Bertz CT molecular complexity index is 8010. The van der Waals surface area contributed by atoms with Gasteiger partial charge in [0, 0.05) is 104 Å². The van der Waals surface area contributed by atoms with Crippen molar-refractivity contribution in [2.75, 3.05) is 19.6 Å². The standard InChI is InChI=1S/4C33H25N3/c1-33(2)28-12-3-5-14-31(28)36(32-15-6-4-13-29(32)33)26-10-7-9-25(21-26)23-16-18-24(19-17-23)27-11-8-20-35-30(27)22-34;1-33(2)29-10-3-5-12-31(29)36(32-13-6-4-11-30(32)33)28-9-7-8-26(19-28)24-14-16-25(17-15-24)27-18-23(20-34)21-35-22-27;1-33(2)29-10-3-5-12-31(29)36(32-13-6-4-11-30(32)33)28-9-7-8-25(20-28)23-14-16-24(17-15-23)26-18-19-27(21-34)35-22-26;1-33(2)29-10-3-5-12-31(29)36(32-13-6-4-11-30(32)33)27-9-7-8-25(20-27)23-14-16-24(17-15-23)28-22-35-19-18-26(28)21-34/h3-21H,1-2H3;3-19,21-22H,1-2H3;2*3-20,22H,1-2H3. The lowest BCUT2D eigenvalue weighted by atomic mass is 9.73. The van der Waals surface area contributed by atoms with E-state index in [-0.39, 0.29) is 21.7 Å². The van der Waals surface area contributed by atoms with Gasteiger partial charge in [-0.1, -0.05) is 347 Å². The van der Waals surface area contributed by atoms with Crippen molar-refractivity contribution in [1.29, 1.82) is 21.0 Å². The predicted molar refractivity (Wildman–Crippen MR) is 587 cm³/mol. The minimum Gasteiger partial charge on any atom is -0.310 e. The van der Waals surface area contributed by atoms with Crippen molar-refractivity contribution >= 4 is 68.2 Å². The molecule has 4 aliphatic heterocycles. The molecule has 0 saturated heterocycles. The van der Waals surface area contributed by atoms with Gasteiger partial charge in [-0.3, -0.25) is 9.97 Å². The molecule has 0 spiro atoms. The molecule has 0 atom stereocenters. The largest absolute Gasteiger partial charge is 0.310 e. The lowest BCUT2D eigenvalue weighted by Crippen LogP contribution is -2.30. The molecule has 688 valence electrons. The van der Waals surface area contributed by atoms with Crippen LogP contribution in [0.3, 0.4) is 0 Å². The maximum absolute atomic E-state index is 9.46. The zero-order valence-corrected chi connectivity index (χ0v) is 81.2. The Hall–Kier alpha value is -18.7. The van der Waals surface area contributed by atoms with Crippen molar-refractivity contribution in [1.82, 2.24) is 19.9 Å². The first kappa shape index (κ1) is 91.7. The van der Waals surface area contributed by atoms with E-state index in [1.807, 2.05) is 24.3 Å². The van der Waals surface area contributed by atoms with E-state index in [1.165, 1.54) is 90.0 Å². The zero-order valence-electron chi connectivity index (χ0n) is 81.2. The third-order valence-corrected chi connectivity index (χ3v) is 28.7. The molecule has 12 heteroatoms. The lowest BCUT2D eigenvalue weighted by molar-refractivity contribution is 0.632. The minimum absolute atomic E-state index is 0.0720. The molecule has 12 nitrogen and oxygen atoms in total. The SMILES string of the molecule is CC1(C)c2ccccc2N(c2cccc(-c3ccc(-c4ccc(C#N)nc4)cc3)c2)c2ccccc21.CC1(C)c2ccccc2N(c2cccc(-c3ccc(-c4cccnc4C#N)cc3)c2)c2ccccc21.CC1(C)c2ccccc2N(c2cccc(-c3ccc(-c4cncc(C#N)c4)cc3)c2)c2ccccc21.CC1(C)c2ccccc2N(c2cccc(-c3ccc(-c4cnccc4C#N)cc3)c2)c2ccccc21. The van der Waals surface area contributed by atoms with Crippen LogP contribution in [-0.2, 0) is 21.7 Å². The summed E-state index contributed by atoms with van der Waals surface area (Å²) in [5.74, 6) is 0. The van der Waals surface area contributed by atoms with Crippen LogP contribution < -0.4 is 19.6 Å². The summed E-state index contributed by atoms with van der Waals surface area (Å²) < 4.78 is 0. The van der Waals surface area contributed by atoms with E-state index in [1.54, 1.807) is 49.3 Å². The summed E-state index contributed by atoms with van der Waals surface area (Å²) in [7, 11) is 0. The highest BCUT2D eigenvalue weighted by atomic mass is 15.2. The minimum atomic E-state index is -0.0777. The topological polar surface area (TPSA) is 160 Å². The molecule has 16 aromatic carbocycles. The van der Waals surface area contributed by atoms with Gasteiger partial charge in [-0.05, 0) is 245 Å². The van der Waals surface area contributed by atoms with Crippen LogP contribution in [0.5, 0.6) is 0 Å². The molecular formula is C132H100N12. The number of anilines is 12. The number of rotatable bonds is 12. The van der Waals surface area contributed by atoms with Gasteiger partial charge in [0.25, 0.3) is 0 Å². The molecular weight excluding hydrogens is 1750 g/mol. The molecule has 20 aromatic rings. The molecule has 24 rings (SSSR count). The van der Waals surface area contributed by atoms with Crippen LogP contribution >= 0.6 is 0 Å². The number of fused-ring (bicyclic) bond motifs is 8. The molecule has 0 amide bonds. The molecule has 0 radical (unpaired) electrons. The van der Waals surface area contributed by atoms with E-state index < -0.39 is 0 Å². The fourth-order valence-electron chi connectivity index (χ4n) is 21.2. The summed E-state index contributed by atoms with van der Waals surface area (Å²) in [6.45, 7) is 18.5. The number of benzene rings is 16. The first-order valence-corrected chi connectivity index (χ1v) is 48.5. The first-order chi connectivity index (χ1) is 70.3. The van der Waals surface area contributed by atoms with Crippen LogP contribution in [0.15, 0.2) is 462 Å². The van der Waals surface area contributed by atoms with Gasteiger partial charge in [-0.2, -0.15) is 21.0 Å². The first-order valence-electron chi connectivity index (χ1n) is 48.5. The predicted octanol–water partition coefficient (Wildman–Crippen LogP) is 33.6. The average molecular weight is 1850 g/mol. The maximum Gasteiger partial charge on any atom is 0.148 e. The molecule has 0 saturated carbocycles. The average Bonchev–Trinajstić information content (AvgIpc) is 0.737. The van der Waals surface area contributed by atoms with Gasteiger partial charge in [0.2, 0.25) is 0 Å². The Labute approximate surface area is 842 Å². The summed E-state index contributed by atoms with van der Waals surface area (Å²) in [5, 5.41) is 37.1. The number of hydrogen-bond acceptors (Lipinski definition) is 12. The second kappa shape index (κ2) is 38.6. The summed E-state index contributed by atoms with van der Waals surface area (Å²) in [5.41, 5.74) is 43.6. The second-order valence-electron chi connectivity index (χ2n) is 38.7. The fraction of sp³-hybridized carbons (Fsp3) is 0.0909. The van der Waals surface area contributed by atoms with E-state index in [4.69, 9.17) is 5.26 Å². The monoisotopic (exact) mass is 1850 g/mol. The zero-order chi connectivity index (χ0) is 98.8. The molecule has 144 heavy (non-hydrogen) atoms. The molecule has 0 fully saturated rings. The van der Waals surface area contributed by atoms with Gasteiger partial charge in [-0.25, -0.2) is 9.97 Å². The van der Waals surface area contributed by atoms with Crippen LogP contribution in [0, 0.1) is 45.3 Å². The Morgan fingerprint density at radius 2 is 0.500 bits per heavy atom. The van der Waals surface area contributed by atoms with E-state index in [0.717, 1.165) is 112 Å². The van der Waals surface area contributed by atoms with Crippen molar-refractivity contribution in [3.63, 3.8) is 0 Å². The van der Waals surface area contributed by atoms with E-state index in [9.17, 15) is 15.8 Å². The maximum atomic E-state index is 9.46.